The summed E-state index contributed by atoms with van der Waals surface area (Å²) in [6, 6.07) is 6.92. The normalized spacial score (nSPS) is 17.8. The molecule has 2 rings (SSSR count). The van der Waals surface area contributed by atoms with Crippen LogP contribution in [0.25, 0.3) is 0 Å². The predicted octanol–water partition coefficient (Wildman–Crippen LogP) is 3.02. The Morgan fingerprint density at radius 1 is 1.31 bits per heavy atom. The number of hydrogen-bond acceptors (Lipinski definition) is 3. The van der Waals surface area contributed by atoms with E-state index in [2.05, 4.69) is 34.4 Å². The summed E-state index contributed by atoms with van der Waals surface area (Å²) >= 11 is 0. The topological polar surface area (TPSA) is 48.9 Å². The number of aliphatic imine (C=N–C) groups is 1. The number of ether oxygens (including phenoxy) is 1. The van der Waals surface area contributed by atoms with Gasteiger partial charge in [-0.1, -0.05) is 19.1 Å². The Balaban J connectivity index is 1.83. The molecule has 0 saturated carbocycles. The predicted molar refractivity (Wildman–Crippen MR) is 105 cm³/mol. The van der Waals surface area contributed by atoms with Crippen LogP contribution in [0.3, 0.4) is 0 Å². The van der Waals surface area contributed by atoms with E-state index in [1.54, 1.807) is 18.2 Å². The Morgan fingerprint density at radius 2 is 2.04 bits per heavy atom. The number of rotatable bonds is 8. The molecule has 1 aromatic rings. The minimum absolute atomic E-state index is 0.200. The molecule has 0 aromatic heterocycles. The van der Waals surface area contributed by atoms with Gasteiger partial charge in [0.1, 0.15) is 6.10 Å². The maximum Gasteiger partial charge on any atom is 0.191 e. The van der Waals surface area contributed by atoms with Gasteiger partial charge >= 0.3 is 0 Å². The summed E-state index contributed by atoms with van der Waals surface area (Å²) in [6.45, 7) is 10.9. The quantitative estimate of drug-likeness (QED) is 0.550. The van der Waals surface area contributed by atoms with Gasteiger partial charge in [-0.15, -0.1) is 0 Å². The lowest BCUT2D eigenvalue weighted by Crippen LogP contribution is -2.49. The summed E-state index contributed by atoms with van der Waals surface area (Å²) in [7, 11) is 0. The Hall–Kier alpha value is -1.82. The van der Waals surface area contributed by atoms with Gasteiger partial charge in [0.05, 0.1) is 6.54 Å². The highest BCUT2D eigenvalue weighted by atomic mass is 19.1. The monoisotopic (exact) mass is 364 g/mol. The van der Waals surface area contributed by atoms with Crippen LogP contribution in [0.4, 0.5) is 4.39 Å². The van der Waals surface area contributed by atoms with Crippen molar-refractivity contribution in [3.05, 3.63) is 30.1 Å². The van der Waals surface area contributed by atoms with E-state index in [-0.39, 0.29) is 17.7 Å². The second-order valence-electron chi connectivity index (χ2n) is 6.84. The lowest BCUT2D eigenvalue weighted by molar-refractivity contribution is 0.205. The van der Waals surface area contributed by atoms with E-state index in [1.165, 1.54) is 19.0 Å². The molecule has 1 aliphatic heterocycles. The number of halogens is 1. The number of benzene rings is 1. The Bertz CT molecular complexity index is 558. The molecule has 1 aromatic carbocycles. The third kappa shape index (κ3) is 6.83. The molecule has 1 fully saturated rings. The summed E-state index contributed by atoms with van der Waals surface area (Å²) in [6.07, 6.45) is 3.27. The molecule has 1 atom stereocenters. The van der Waals surface area contributed by atoms with Crippen LogP contribution in [-0.2, 0) is 0 Å². The first kappa shape index (κ1) is 20.5. The van der Waals surface area contributed by atoms with Crippen molar-refractivity contribution in [2.75, 3.05) is 32.7 Å². The first-order valence-corrected chi connectivity index (χ1v) is 9.80. The fourth-order valence-electron chi connectivity index (χ4n) is 3.14. The standard InChI is InChI=1S/C20H33FN4O/c1-4-12-25-13-10-17(11-14-25)24-20(22-5-2)23-15-16(3)26-19-9-7-6-8-18(19)21/h6-9,16-17H,4-5,10-15H2,1-3H3,(H2,22,23,24). The zero-order chi connectivity index (χ0) is 18.8. The molecule has 0 spiro atoms. The van der Waals surface area contributed by atoms with Crippen molar-refractivity contribution in [3.63, 3.8) is 0 Å². The maximum absolute atomic E-state index is 13.7. The average molecular weight is 365 g/mol. The van der Waals surface area contributed by atoms with Crippen LogP contribution in [0.2, 0.25) is 0 Å². The molecule has 2 N–H and O–H groups in total. The molecule has 146 valence electrons. The highest BCUT2D eigenvalue weighted by molar-refractivity contribution is 5.80. The Morgan fingerprint density at radius 3 is 2.69 bits per heavy atom. The molecular weight excluding hydrogens is 331 g/mol. The van der Waals surface area contributed by atoms with Gasteiger partial charge in [-0.05, 0) is 51.8 Å². The van der Waals surface area contributed by atoms with Crippen molar-refractivity contribution in [2.24, 2.45) is 4.99 Å². The first-order valence-electron chi connectivity index (χ1n) is 9.80. The number of guanidine groups is 1. The van der Waals surface area contributed by atoms with Crippen molar-refractivity contribution < 1.29 is 9.13 Å². The van der Waals surface area contributed by atoms with E-state index in [4.69, 9.17) is 4.74 Å². The van der Waals surface area contributed by atoms with Crippen LogP contribution in [0.5, 0.6) is 5.75 Å². The number of likely N-dealkylation sites (tertiary alicyclic amines) is 1. The molecule has 1 unspecified atom stereocenters. The largest absolute Gasteiger partial charge is 0.486 e. The molecule has 1 aliphatic rings. The molecular formula is C20H33FN4O. The molecule has 0 amide bonds. The molecule has 1 heterocycles. The Kier molecular flexibility index (Phi) is 8.68. The lowest BCUT2D eigenvalue weighted by atomic mass is 10.1. The van der Waals surface area contributed by atoms with Crippen molar-refractivity contribution >= 4 is 5.96 Å². The smallest absolute Gasteiger partial charge is 0.191 e. The van der Waals surface area contributed by atoms with E-state index in [9.17, 15) is 4.39 Å². The molecule has 1 saturated heterocycles. The van der Waals surface area contributed by atoms with Crippen LogP contribution in [0.15, 0.2) is 29.3 Å². The summed E-state index contributed by atoms with van der Waals surface area (Å²) in [4.78, 5) is 7.14. The summed E-state index contributed by atoms with van der Waals surface area (Å²) in [5.74, 6) is 0.745. The highest BCUT2D eigenvalue weighted by Crippen LogP contribution is 2.17. The zero-order valence-corrected chi connectivity index (χ0v) is 16.3. The van der Waals surface area contributed by atoms with Gasteiger partial charge < -0.3 is 20.3 Å². The number of hydrogen-bond donors (Lipinski definition) is 2. The zero-order valence-electron chi connectivity index (χ0n) is 16.3. The van der Waals surface area contributed by atoms with Gasteiger partial charge in [0.25, 0.3) is 0 Å². The van der Waals surface area contributed by atoms with Gasteiger partial charge in [-0.25, -0.2) is 9.38 Å². The van der Waals surface area contributed by atoms with E-state index in [1.807, 2.05) is 6.92 Å². The molecule has 26 heavy (non-hydrogen) atoms. The van der Waals surface area contributed by atoms with Gasteiger partial charge in [0.15, 0.2) is 17.5 Å². The van der Waals surface area contributed by atoms with E-state index in [0.29, 0.717) is 12.6 Å². The molecule has 0 bridgehead atoms. The maximum atomic E-state index is 13.7. The number of piperidine rings is 1. The number of nitrogens with one attached hydrogen (secondary N) is 2. The minimum atomic E-state index is -0.341. The van der Waals surface area contributed by atoms with Gasteiger partial charge in [-0.2, -0.15) is 0 Å². The number of para-hydroxylation sites is 1. The summed E-state index contributed by atoms with van der Waals surface area (Å²) in [5, 5.41) is 6.83. The minimum Gasteiger partial charge on any atom is -0.486 e. The van der Waals surface area contributed by atoms with Crippen LogP contribution in [-0.4, -0.2) is 55.7 Å². The summed E-state index contributed by atoms with van der Waals surface area (Å²) < 4.78 is 19.3. The number of nitrogens with zero attached hydrogens (tertiary/aromatic N) is 2. The van der Waals surface area contributed by atoms with Gasteiger partial charge in [0, 0.05) is 25.7 Å². The third-order valence-electron chi connectivity index (χ3n) is 4.48. The molecule has 6 heteroatoms. The SMILES string of the molecule is CCCN1CCC(NC(=NCC(C)Oc2ccccc2F)NCC)CC1. The van der Waals surface area contributed by atoms with E-state index >= 15 is 0 Å². The highest BCUT2D eigenvalue weighted by Gasteiger charge is 2.19. The lowest BCUT2D eigenvalue weighted by Gasteiger charge is -2.32. The second-order valence-corrected chi connectivity index (χ2v) is 6.84. The van der Waals surface area contributed by atoms with E-state index in [0.717, 1.165) is 38.4 Å². The average Bonchev–Trinajstić information content (AvgIpc) is 2.64. The van der Waals surface area contributed by atoms with Crippen LogP contribution in [0.1, 0.15) is 40.0 Å². The second kappa shape index (κ2) is 11.0. The fourth-order valence-corrected chi connectivity index (χ4v) is 3.14. The Labute approximate surface area is 157 Å². The van der Waals surface area contributed by atoms with Crippen molar-refractivity contribution in [1.82, 2.24) is 15.5 Å². The molecule has 0 radical (unpaired) electrons. The van der Waals surface area contributed by atoms with Crippen LogP contribution < -0.4 is 15.4 Å². The van der Waals surface area contributed by atoms with Crippen molar-refractivity contribution in [3.8, 4) is 5.75 Å². The molecule has 5 nitrogen and oxygen atoms in total. The van der Waals surface area contributed by atoms with Gasteiger partial charge in [0.2, 0.25) is 0 Å². The summed E-state index contributed by atoms with van der Waals surface area (Å²) in [5.41, 5.74) is 0. The molecule has 0 aliphatic carbocycles. The van der Waals surface area contributed by atoms with Crippen molar-refractivity contribution in [2.45, 2.75) is 52.2 Å². The van der Waals surface area contributed by atoms with Crippen LogP contribution in [0, 0.1) is 5.82 Å². The van der Waals surface area contributed by atoms with Gasteiger partial charge in [-0.3, -0.25) is 0 Å². The van der Waals surface area contributed by atoms with Crippen LogP contribution >= 0.6 is 0 Å². The van der Waals surface area contributed by atoms with E-state index < -0.39 is 0 Å². The van der Waals surface area contributed by atoms with Crippen molar-refractivity contribution in [1.29, 1.82) is 0 Å². The first-order chi connectivity index (χ1) is 12.6. The third-order valence-corrected chi connectivity index (χ3v) is 4.48. The fraction of sp³-hybridized carbons (Fsp3) is 0.650.